The summed E-state index contributed by atoms with van der Waals surface area (Å²) in [5.41, 5.74) is 0. The van der Waals surface area contributed by atoms with Crippen molar-refractivity contribution in [3.8, 4) is 0 Å². The van der Waals surface area contributed by atoms with E-state index in [-0.39, 0.29) is 18.9 Å². The van der Waals surface area contributed by atoms with E-state index in [2.05, 4.69) is 0 Å². The second kappa shape index (κ2) is 10.8. The van der Waals surface area contributed by atoms with Crippen LogP contribution >= 0.6 is 20.2 Å². The number of carboxylic acid groups (broad SMARTS) is 1. The van der Waals surface area contributed by atoms with Crippen LogP contribution in [0.1, 0.15) is 0 Å². The van der Waals surface area contributed by atoms with Crippen LogP contribution in [0.3, 0.4) is 0 Å². The second-order valence-electron chi connectivity index (χ2n) is 1.07. The summed E-state index contributed by atoms with van der Waals surface area (Å²) in [6.07, 6.45) is 0. The molecule has 0 aromatic carbocycles. The van der Waals surface area contributed by atoms with Crippen molar-refractivity contribution in [2.45, 2.75) is 0 Å². The van der Waals surface area contributed by atoms with Crippen LogP contribution < -0.4 is 0 Å². The first-order valence-corrected chi connectivity index (χ1v) is 4.94. The van der Waals surface area contributed by atoms with Gasteiger partial charge in [0.25, 0.3) is 6.47 Å². The third-order valence-electron chi connectivity index (χ3n) is 0. The van der Waals surface area contributed by atoms with Gasteiger partial charge in [-0.1, -0.05) is 0 Å². The number of halogens is 1. The summed E-state index contributed by atoms with van der Waals surface area (Å²) < 4.78 is 40.5. The summed E-state index contributed by atoms with van der Waals surface area (Å²) in [5.74, 6) is 0. The Kier molecular flexibility index (Phi) is 18.2. The molecule has 0 rings (SSSR count). The molecule has 13 heteroatoms. The van der Waals surface area contributed by atoms with Crippen molar-refractivity contribution in [1.29, 1.82) is 0 Å². The van der Waals surface area contributed by atoms with E-state index in [1.807, 2.05) is 0 Å². The van der Waals surface area contributed by atoms with Crippen molar-refractivity contribution in [2.75, 3.05) is 0 Å². The molecular formula is CH8ClO10PS. The van der Waals surface area contributed by atoms with E-state index in [9.17, 15) is 0 Å². The van der Waals surface area contributed by atoms with E-state index in [4.69, 9.17) is 46.7 Å². The quantitative estimate of drug-likeness (QED) is 0.173. The van der Waals surface area contributed by atoms with E-state index >= 15 is 0 Å². The van der Waals surface area contributed by atoms with Gasteiger partial charge in [0.05, 0.1) is 0 Å². The first-order valence-electron chi connectivity index (χ1n) is 1.97. The van der Waals surface area contributed by atoms with Gasteiger partial charge in [-0.3, -0.25) is 13.9 Å². The maximum absolute atomic E-state index is 8.88. The van der Waals surface area contributed by atoms with Crippen LogP contribution in [0, 0.1) is 0 Å². The smallest absolute Gasteiger partial charge is 0.466 e. The molecule has 0 saturated carbocycles. The molecule has 0 heterocycles. The minimum atomic E-state index is -4.67. The van der Waals surface area contributed by atoms with Gasteiger partial charge in [0.2, 0.25) is 0 Å². The predicted octanol–water partition coefficient (Wildman–Crippen LogP) is -1.46. The minimum absolute atomic E-state index is 0. The Balaban J connectivity index is -0.0000000535. The molecule has 0 atom stereocenters. The molecule has 0 fully saturated rings. The van der Waals surface area contributed by atoms with Crippen LogP contribution in [0.4, 0.5) is 0 Å². The molecule has 10 nitrogen and oxygen atoms in total. The molecule has 90 valence electrons. The maximum atomic E-state index is 8.88. The van der Waals surface area contributed by atoms with Crippen LogP contribution in [-0.4, -0.2) is 43.8 Å². The lowest BCUT2D eigenvalue weighted by Gasteiger charge is -1.82. The van der Waals surface area contributed by atoms with Gasteiger partial charge in [-0.15, -0.1) is 12.4 Å². The zero-order valence-corrected chi connectivity index (χ0v) is 8.68. The maximum Gasteiger partial charge on any atom is 0.466 e. The van der Waals surface area contributed by atoms with Crippen LogP contribution in [0.2, 0.25) is 0 Å². The fourth-order valence-electron chi connectivity index (χ4n) is 0. The molecule has 0 saturated heterocycles. The van der Waals surface area contributed by atoms with Crippen LogP contribution in [0.25, 0.3) is 0 Å². The lowest BCUT2D eigenvalue weighted by Crippen LogP contribution is -1.89. The van der Waals surface area contributed by atoms with E-state index in [1.54, 1.807) is 0 Å². The molecule has 0 aromatic heterocycles. The molecule has 0 radical (unpaired) electrons. The zero-order chi connectivity index (χ0) is 11.7. The van der Waals surface area contributed by atoms with Crippen LogP contribution in [0.15, 0.2) is 0 Å². The van der Waals surface area contributed by atoms with Crippen LogP contribution in [-0.2, 0) is 19.8 Å². The summed E-state index contributed by atoms with van der Waals surface area (Å²) >= 11 is 0. The third-order valence-corrected chi connectivity index (χ3v) is 0. The first-order chi connectivity index (χ1) is 5.41. The Hall–Kier alpha value is -0.260. The van der Waals surface area contributed by atoms with Crippen molar-refractivity contribution in [2.24, 2.45) is 0 Å². The van der Waals surface area contributed by atoms with E-state index in [1.165, 1.54) is 0 Å². The van der Waals surface area contributed by atoms with Gasteiger partial charge in [-0.25, -0.2) is 4.57 Å². The Morgan fingerprint density at radius 3 is 1.07 bits per heavy atom. The van der Waals surface area contributed by atoms with Crippen molar-refractivity contribution in [3.63, 3.8) is 0 Å². The molecule has 0 bridgehead atoms. The Labute approximate surface area is 84.4 Å². The minimum Gasteiger partial charge on any atom is -0.483 e. The monoisotopic (exact) mass is 278 g/mol. The zero-order valence-electron chi connectivity index (χ0n) is 6.16. The van der Waals surface area contributed by atoms with Gasteiger partial charge >= 0.3 is 18.2 Å². The number of phosphoric acid groups is 1. The van der Waals surface area contributed by atoms with Gasteiger partial charge in [-0.05, 0) is 0 Å². The molecule has 0 spiro atoms. The van der Waals surface area contributed by atoms with Crippen molar-refractivity contribution in [3.05, 3.63) is 0 Å². The summed E-state index contributed by atoms with van der Waals surface area (Å²) in [5, 5.41) is 6.89. The molecule has 0 aromatic rings. The van der Waals surface area contributed by atoms with E-state index in [0.29, 0.717) is 0 Å². The lowest BCUT2D eigenvalue weighted by atomic mass is 11.7. The standard InChI is InChI=1S/CH2O2.ClH.H3O4P.H2O4S/c2-1-3;;2*1-5(2,3)4/h1H,(H,2,3);1H;(H3,1,2,3,4);(H2,1,2,3,4). The highest BCUT2D eigenvalue weighted by Crippen LogP contribution is 2.25. The van der Waals surface area contributed by atoms with Gasteiger partial charge in [0, 0.05) is 0 Å². The Bertz CT molecular complexity index is 233. The first kappa shape index (κ1) is 23.5. The fraction of sp³-hybridized carbons (Fsp3) is 0. The summed E-state index contributed by atoms with van der Waals surface area (Å²) in [6, 6.07) is 0. The summed E-state index contributed by atoms with van der Waals surface area (Å²) in [4.78, 5) is 29.9. The molecule has 0 unspecified atom stereocenters. The average Bonchev–Trinajstić information content (AvgIpc) is 1.52. The number of hydrogen-bond acceptors (Lipinski definition) is 4. The molecule has 6 N–H and O–H groups in total. The molecule has 0 aliphatic carbocycles. The van der Waals surface area contributed by atoms with Gasteiger partial charge < -0.3 is 19.8 Å². The van der Waals surface area contributed by atoms with E-state index < -0.39 is 18.2 Å². The SMILES string of the molecule is Cl.O=CO.O=P(O)(O)O.O=S(=O)(O)O. The molecular weight excluding hydrogens is 270 g/mol. The average molecular weight is 279 g/mol. The third kappa shape index (κ3) is 20000. The summed E-state index contributed by atoms with van der Waals surface area (Å²) in [6.45, 7) is -0.250. The normalized spacial score (nSPS) is 9.21. The molecule has 0 amide bonds. The summed E-state index contributed by atoms with van der Waals surface area (Å²) in [7, 11) is -9.31. The molecule has 0 aliphatic heterocycles. The Morgan fingerprint density at radius 1 is 1.07 bits per heavy atom. The highest BCUT2D eigenvalue weighted by atomic mass is 35.5. The van der Waals surface area contributed by atoms with Crippen LogP contribution in [0.5, 0.6) is 0 Å². The predicted molar refractivity (Wildman–Crippen MR) is 44.4 cm³/mol. The number of rotatable bonds is 0. The topological polar surface area (TPSA) is 190 Å². The largest absolute Gasteiger partial charge is 0.483 e. The van der Waals surface area contributed by atoms with Crippen molar-refractivity contribution >= 4 is 37.1 Å². The van der Waals surface area contributed by atoms with Gasteiger partial charge in [0.1, 0.15) is 0 Å². The lowest BCUT2D eigenvalue weighted by molar-refractivity contribution is -0.122. The number of hydrogen-bond donors (Lipinski definition) is 6. The van der Waals surface area contributed by atoms with Gasteiger partial charge in [0.15, 0.2) is 0 Å². The van der Waals surface area contributed by atoms with Crippen molar-refractivity contribution < 1.29 is 46.7 Å². The second-order valence-corrected chi connectivity index (χ2v) is 2.99. The van der Waals surface area contributed by atoms with Crippen molar-refractivity contribution in [1.82, 2.24) is 0 Å². The van der Waals surface area contributed by atoms with Gasteiger partial charge in [-0.2, -0.15) is 8.42 Å². The Morgan fingerprint density at radius 2 is 1.07 bits per heavy atom. The highest BCUT2D eigenvalue weighted by Gasteiger charge is 2.00. The van der Waals surface area contributed by atoms with E-state index in [0.717, 1.165) is 0 Å². The molecule has 0 aliphatic rings. The number of carbonyl (C=O) groups is 1. The highest BCUT2D eigenvalue weighted by molar-refractivity contribution is 7.79. The fourth-order valence-corrected chi connectivity index (χ4v) is 0. The molecule has 14 heavy (non-hydrogen) atoms.